The molecule has 0 aliphatic carbocycles. The van der Waals surface area contributed by atoms with Crippen LogP contribution in [0.5, 0.6) is 0 Å². The van der Waals surface area contributed by atoms with Gasteiger partial charge in [0.15, 0.2) is 0 Å². The second-order valence-electron chi connectivity index (χ2n) is 7.59. The third-order valence-corrected chi connectivity index (χ3v) is 5.39. The van der Waals surface area contributed by atoms with Gasteiger partial charge >= 0.3 is 0 Å². The molecule has 2 aromatic heterocycles. The van der Waals surface area contributed by atoms with E-state index in [1.807, 2.05) is 12.1 Å². The van der Waals surface area contributed by atoms with Crippen molar-refractivity contribution >= 4 is 34.8 Å². The van der Waals surface area contributed by atoms with Gasteiger partial charge in [-0.15, -0.1) is 0 Å². The first-order valence-electron chi connectivity index (χ1n) is 10.2. The summed E-state index contributed by atoms with van der Waals surface area (Å²) in [6.07, 6.45) is 5.92. The van der Waals surface area contributed by atoms with E-state index >= 15 is 0 Å². The normalized spacial score (nSPS) is 13.6. The standard InChI is InChI=1S/C25H16F2N4O3/c26-13-3-5-16(21(27)8-13)19-11-28-12-20(23(19)32)25(34)30-15-4-6-17-18(9-14-2-1-7-29-14)24(33)31-22(17)10-15/h1-12,29H,(H,28,32)(H,30,34)(H,31,33)/b18-9-. The molecule has 0 saturated heterocycles. The Balaban J connectivity index is 1.42. The van der Waals surface area contributed by atoms with Gasteiger partial charge in [-0.1, -0.05) is 6.07 Å². The third kappa shape index (κ3) is 3.79. The van der Waals surface area contributed by atoms with Crippen molar-refractivity contribution in [2.45, 2.75) is 0 Å². The number of pyridine rings is 1. The van der Waals surface area contributed by atoms with Gasteiger partial charge in [0.25, 0.3) is 11.8 Å². The fraction of sp³-hybridized carbons (Fsp3) is 0. The average molecular weight is 458 g/mol. The Hall–Kier alpha value is -4.79. The molecule has 3 heterocycles. The summed E-state index contributed by atoms with van der Waals surface area (Å²) in [6, 6.07) is 11.4. The van der Waals surface area contributed by atoms with Crippen molar-refractivity contribution < 1.29 is 18.4 Å². The van der Waals surface area contributed by atoms with Gasteiger partial charge in [-0.25, -0.2) is 8.78 Å². The Labute approximate surface area is 191 Å². The van der Waals surface area contributed by atoms with Crippen LogP contribution in [0, 0.1) is 11.6 Å². The minimum Gasteiger partial charge on any atom is -0.366 e. The van der Waals surface area contributed by atoms with Crippen molar-refractivity contribution in [1.29, 1.82) is 0 Å². The third-order valence-electron chi connectivity index (χ3n) is 5.39. The number of carbonyl (C=O) groups is 2. The van der Waals surface area contributed by atoms with Gasteiger partial charge in [0.1, 0.15) is 17.2 Å². The zero-order valence-electron chi connectivity index (χ0n) is 17.4. The summed E-state index contributed by atoms with van der Waals surface area (Å²) in [5, 5.41) is 5.37. The molecule has 5 rings (SSSR count). The largest absolute Gasteiger partial charge is 0.366 e. The number of halogens is 2. The van der Waals surface area contributed by atoms with Crippen LogP contribution < -0.4 is 16.1 Å². The molecule has 2 aromatic carbocycles. The molecule has 0 fully saturated rings. The highest BCUT2D eigenvalue weighted by molar-refractivity contribution is 6.35. The lowest BCUT2D eigenvalue weighted by Crippen LogP contribution is -2.23. The maximum absolute atomic E-state index is 14.2. The van der Waals surface area contributed by atoms with Crippen molar-refractivity contribution in [2.75, 3.05) is 10.6 Å². The quantitative estimate of drug-likeness (QED) is 0.341. The number of carbonyl (C=O) groups excluding carboxylic acids is 2. The number of benzene rings is 2. The molecule has 34 heavy (non-hydrogen) atoms. The number of rotatable bonds is 4. The van der Waals surface area contributed by atoms with Gasteiger partial charge in [-0.3, -0.25) is 14.4 Å². The number of H-pyrrole nitrogens is 2. The highest BCUT2D eigenvalue weighted by Gasteiger charge is 2.25. The van der Waals surface area contributed by atoms with E-state index in [2.05, 4.69) is 20.6 Å². The van der Waals surface area contributed by atoms with Crippen LogP contribution in [0.15, 0.2) is 71.9 Å². The number of fused-ring (bicyclic) bond motifs is 1. The number of hydrogen-bond acceptors (Lipinski definition) is 3. The highest BCUT2D eigenvalue weighted by atomic mass is 19.1. The summed E-state index contributed by atoms with van der Waals surface area (Å²) >= 11 is 0. The highest BCUT2D eigenvalue weighted by Crippen LogP contribution is 2.35. The fourth-order valence-electron chi connectivity index (χ4n) is 3.76. The van der Waals surface area contributed by atoms with Crippen LogP contribution in [-0.4, -0.2) is 21.8 Å². The molecule has 4 aromatic rings. The summed E-state index contributed by atoms with van der Waals surface area (Å²) in [6.45, 7) is 0. The van der Waals surface area contributed by atoms with Crippen LogP contribution >= 0.6 is 0 Å². The molecule has 0 bridgehead atoms. The second kappa shape index (κ2) is 8.28. The molecule has 0 atom stereocenters. The zero-order chi connectivity index (χ0) is 23.8. The second-order valence-corrected chi connectivity index (χ2v) is 7.59. The number of aromatic nitrogens is 2. The molecule has 0 unspecified atom stereocenters. The Morgan fingerprint density at radius 2 is 1.76 bits per heavy atom. The van der Waals surface area contributed by atoms with Crippen LogP contribution in [0.2, 0.25) is 0 Å². The van der Waals surface area contributed by atoms with E-state index in [1.165, 1.54) is 12.4 Å². The SMILES string of the molecule is O=C1Nc2cc(NC(=O)c3c[nH]cc(-c4ccc(F)cc4F)c3=O)ccc2/C1=C/c1ccc[nH]1. The first-order valence-corrected chi connectivity index (χ1v) is 10.2. The Bertz CT molecular complexity index is 1540. The summed E-state index contributed by atoms with van der Waals surface area (Å²) < 4.78 is 27.4. The van der Waals surface area contributed by atoms with Crippen LogP contribution in [0.4, 0.5) is 20.2 Å². The van der Waals surface area contributed by atoms with Crippen molar-refractivity contribution in [3.63, 3.8) is 0 Å². The first-order chi connectivity index (χ1) is 16.4. The average Bonchev–Trinajstić information content (AvgIpc) is 3.42. The molecule has 4 N–H and O–H groups in total. The van der Waals surface area contributed by atoms with E-state index in [1.54, 1.807) is 30.5 Å². The molecule has 168 valence electrons. The molecule has 1 aliphatic rings. The van der Waals surface area contributed by atoms with Crippen LogP contribution in [0.1, 0.15) is 21.6 Å². The van der Waals surface area contributed by atoms with Crippen LogP contribution in [0.3, 0.4) is 0 Å². The van der Waals surface area contributed by atoms with Crippen molar-refractivity contribution in [2.24, 2.45) is 0 Å². The molecule has 7 nitrogen and oxygen atoms in total. The predicted molar refractivity (Wildman–Crippen MR) is 124 cm³/mol. The van der Waals surface area contributed by atoms with Crippen LogP contribution in [0.25, 0.3) is 22.8 Å². The minimum absolute atomic E-state index is 0.106. The van der Waals surface area contributed by atoms with E-state index in [0.717, 1.165) is 17.8 Å². The van der Waals surface area contributed by atoms with Gasteiger partial charge in [0.05, 0.1) is 11.3 Å². The summed E-state index contributed by atoms with van der Waals surface area (Å²) in [4.78, 5) is 43.7. The number of aromatic amines is 2. The fourth-order valence-corrected chi connectivity index (χ4v) is 3.76. The summed E-state index contributed by atoms with van der Waals surface area (Å²) in [7, 11) is 0. The van der Waals surface area contributed by atoms with E-state index in [0.29, 0.717) is 28.6 Å². The van der Waals surface area contributed by atoms with Crippen molar-refractivity contribution in [3.05, 3.63) is 106 Å². The van der Waals surface area contributed by atoms with E-state index in [9.17, 15) is 23.2 Å². The van der Waals surface area contributed by atoms with Crippen LogP contribution in [-0.2, 0) is 4.79 Å². The molecule has 0 saturated carbocycles. The van der Waals surface area contributed by atoms with Gasteiger partial charge in [0, 0.05) is 52.7 Å². The van der Waals surface area contributed by atoms with E-state index in [-0.39, 0.29) is 22.6 Å². The van der Waals surface area contributed by atoms with Gasteiger partial charge < -0.3 is 20.6 Å². The topological polar surface area (TPSA) is 107 Å². The molecule has 0 spiro atoms. The van der Waals surface area contributed by atoms with Crippen molar-refractivity contribution in [1.82, 2.24) is 9.97 Å². The molecule has 9 heteroatoms. The molecular formula is C25H16F2N4O3. The Morgan fingerprint density at radius 3 is 2.53 bits per heavy atom. The summed E-state index contributed by atoms with van der Waals surface area (Å²) in [5.74, 6) is -2.70. The van der Waals surface area contributed by atoms with Gasteiger partial charge in [0.2, 0.25) is 5.43 Å². The number of nitrogens with one attached hydrogen (secondary N) is 4. The molecule has 1 aliphatic heterocycles. The zero-order valence-corrected chi connectivity index (χ0v) is 17.4. The lowest BCUT2D eigenvalue weighted by atomic mass is 10.0. The Morgan fingerprint density at radius 1 is 0.941 bits per heavy atom. The maximum Gasteiger partial charge on any atom is 0.261 e. The van der Waals surface area contributed by atoms with Gasteiger partial charge in [-0.2, -0.15) is 0 Å². The smallest absolute Gasteiger partial charge is 0.261 e. The van der Waals surface area contributed by atoms with E-state index < -0.39 is 23.0 Å². The van der Waals surface area contributed by atoms with Crippen molar-refractivity contribution in [3.8, 4) is 11.1 Å². The molecular weight excluding hydrogens is 442 g/mol. The number of anilines is 2. The maximum atomic E-state index is 14.2. The number of amides is 2. The first kappa shape index (κ1) is 21.1. The Kier molecular flexibility index (Phi) is 5.14. The molecule has 2 amide bonds. The lowest BCUT2D eigenvalue weighted by molar-refractivity contribution is -0.110. The number of hydrogen-bond donors (Lipinski definition) is 4. The van der Waals surface area contributed by atoms with E-state index in [4.69, 9.17) is 0 Å². The summed E-state index contributed by atoms with van der Waals surface area (Å²) in [5.41, 5.74) is 1.58. The predicted octanol–water partition coefficient (Wildman–Crippen LogP) is 4.39. The monoisotopic (exact) mass is 458 g/mol. The minimum atomic E-state index is -0.916. The lowest BCUT2D eigenvalue weighted by Gasteiger charge is -2.09. The molecule has 0 radical (unpaired) electrons. The van der Waals surface area contributed by atoms with Gasteiger partial charge in [-0.05, 0) is 42.5 Å².